The van der Waals surface area contributed by atoms with Crippen molar-refractivity contribution in [2.75, 3.05) is 26.7 Å². The van der Waals surface area contributed by atoms with Crippen LogP contribution in [0.4, 0.5) is 0 Å². The zero-order chi connectivity index (χ0) is 24.0. The fourth-order valence-corrected chi connectivity index (χ4v) is 5.74. The van der Waals surface area contributed by atoms with Gasteiger partial charge in [0.25, 0.3) is 0 Å². The van der Waals surface area contributed by atoms with E-state index in [1.807, 2.05) is 49.5 Å². The molecule has 1 N–H and O–H groups in total. The largest absolute Gasteiger partial charge is 0.346 e. The maximum Gasteiger partial charge on any atom is 0.243 e. The Bertz CT molecular complexity index is 1180. The molecule has 0 unspecified atom stereocenters. The van der Waals surface area contributed by atoms with Gasteiger partial charge in [-0.3, -0.25) is 9.89 Å². The lowest BCUT2D eigenvalue weighted by Gasteiger charge is -2.17. The zero-order valence-corrected chi connectivity index (χ0v) is 20.4. The molecule has 0 atom stereocenters. The molecule has 2 heterocycles. The van der Waals surface area contributed by atoms with Crippen molar-refractivity contribution in [1.29, 1.82) is 0 Å². The molecule has 0 saturated carbocycles. The van der Waals surface area contributed by atoms with Crippen molar-refractivity contribution in [3.05, 3.63) is 71.9 Å². The summed E-state index contributed by atoms with van der Waals surface area (Å²) in [5.74, 6) is 0.0864. The lowest BCUT2D eigenvalue weighted by molar-refractivity contribution is -0.129. The van der Waals surface area contributed by atoms with Gasteiger partial charge in [0.2, 0.25) is 15.9 Å². The van der Waals surface area contributed by atoms with Gasteiger partial charge in [-0.1, -0.05) is 42.5 Å². The van der Waals surface area contributed by atoms with Crippen molar-refractivity contribution in [2.45, 2.75) is 43.4 Å². The monoisotopic (exact) mass is 480 g/mol. The number of aromatic amines is 1. The molecule has 1 aliphatic heterocycles. The molecule has 0 radical (unpaired) electrons. The third-order valence-electron chi connectivity index (χ3n) is 6.32. The number of aryl methyl sites for hydroxylation is 2. The van der Waals surface area contributed by atoms with E-state index in [2.05, 4.69) is 16.3 Å². The highest BCUT2D eigenvalue weighted by Crippen LogP contribution is 2.21. The van der Waals surface area contributed by atoms with E-state index in [0.717, 1.165) is 48.2 Å². The van der Waals surface area contributed by atoms with Gasteiger partial charge in [0.15, 0.2) is 0 Å². The van der Waals surface area contributed by atoms with E-state index in [4.69, 9.17) is 0 Å². The van der Waals surface area contributed by atoms with E-state index in [1.165, 1.54) is 0 Å². The number of benzene rings is 2. The quantitative estimate of drug-likeness (QED) is 0.477. The number of hydrogen-bond donors (Lipinski definition) is 1. The maximum absolute atomic E-state index is 12.6. The molecule has 1 aliphatic rings. The fourth-order valence-electron chi connectivity index (χ4n) is 4.23. The highest BCUT2D eigenvalue weighted by Gasteiger charge is 2.26. The summed E-state index contributed by atoms with van der Waals surface area (Å²) >= 11 is 0. The van der Waals surface area contributed by atoms with Crippen molar-refractivity contribution in [2.24, 2.45) is 0 Å². The van der Waals surface area contributed by atoms with Crippen molar-refractivity contribution in [1.82, 2.24) is 19.4 Å². The summed E-state index contributed by atoms with van der Waals surface area (Å²) in [6, 6.07) is 19.1. The zero-order valence-electron chi connectivity index (χ0n) is 19.6. The molecule has 3 aromatic rings. The summed E-state index contributed by atoms with van der Waals surface area (Å²) in [6.45, 7) is 1.87. The first-order valence-electron chi connectivity index (χ1n) is 11.9. The standard InChI is InChI=1S/C26H32N4O3S/c1-29(17-7-10-23-20-25(28-27-23)22-8-3-2-4-9-22)26(31)16-13-21-11-14-24(15-12-21)34(32,33)30-18-5-6-19-30/h2-4,8-9,11-12,14-15,20H,5-7,10,13,16-19H2,1H3,(H,27,28). The number of aromatic nitrogens is 2. The Morgan fingerprint density at radius 1 is 1.03 bits per heavy atom. The van der Waals surface area contributed by atoms with E-state index >= 15 is 0 Å². The van der Waals surface area contributed by atoms with Crippen LogP contribution in [0.2, 0.25) is 0 Å². The fraction of sp³-hybridized carbons (Fsp3) is 0.385. The average molecular weight is 481 g/mol. The molecule has 1 aromatic heterocycles. The van der Waals surface area contributed by atoms with Gasteiger partial charge in [-0.15, -0.1) is 0 Å². The van der Waals surface area contributed by atoms with E-state index in [1.54, 1.807) is 21.3 Å². The van der Waals surface area contributed by atoms with Crippen LogP contribution in [0.3, 0.4) is 0 Å². The number of nitrogens with one attached hydrogen (secondary N) is 1. The molecular formula is C26H32N4O3S. The molecule has 8 heteroatoms. The molecule has 1 saturated heterocycles. The number of sulfonamides is 1. The van der Waals surface area contributed by atoms with Gasteiger partial charge in [0, 0.05) is 44.4 Å². The van der Waals surface area contributed by atoms with Crippen molar-refractivity contribution >= 4 is 15.9 Å². The summed E-state index contributed by atoms with van der Waals surface area (Å²) in [6.07, 6.45) is 4.50. The van der Waals surface area contributed by atoms with Crippen LogP contribution in [0.15, 0.2) is 65.6 Å². The Hall–Kier alpha value is -2.97. The molecule has 34 heavy (non-hydrogen) atoms. The number of carbonyl (C=O) groups is 1. The lowest BCUT2D eigenvalue weighted by Crippen LogP contribution is -2.28. The predicted molar refractivity (Wildman–Crippen MR) is 133 cm³/mol. The Morgan fingerprint density at radius 2 is 1.74 bits per heavy atom. The number of carbonyl (C=O) groups excluding carboxylic acids is 1. The molecular weight excluding hydrogens is 448 g/mol. The first-order valence-corrected chi connectivity index (χ1v) is 13.3. The maximum atomic E-state index is 12.6. The lowest BCUT2D eigenvalue weighted by atomic mass is 10.1. The topological polar surface area (TPSA) is 86.4 Å². The molecule has 1 amide bonds. The SMILES string of the molecule is CN(CCCc1cc(-c2ccccc2)n[nH]1)C(=O)CCc1ccc(S(=O)(=O)N2CCCC2)cc1. The van der Waals surface area contributed by atoms with Gasteiger partial charge < -0.3 is 4.90 Å². The van der Waals surface area contributed by atoms with Crippen molar-refractivity contribution in [3.63, 3.8) is 0 Å². The Labute approximate surface area is 201 Å². The summed E-state index contributed by atoms with van der Waals surface area (Å²) in [7, 11) is -1.57. The molecule has 0 spiro atoms. The first kappa shape index (κ1) is 24.2. The highest BCUT2D eigenvalue weighted by molar-refractivity contribution is 7.89. The predicted octanol–water partition coefficient (Wildman–Crippen LogP) is 3.89. The summed E-state index contributed by atoms with van der Waals surface area (Å²) in [4.78, 5) is 14.6. The van der Waals surface area contributed by atoms with E-state index in [9.17, 15) is 13.2 Å². The third kappa shape index (κ3) is 5.93. The second kappa shape index (κ2) is 11.0. The molecule has 2 aromatic carbocycles. The van der Waals surface area contributed by atoms with Crippen LogP contribution >= 0.6 is 0 Å². The van der Waals surface area contributed by atoms with Gasteiger partial charge in [-0.05, 0) is 55.9 Å². The van der Waals surface area contributed by atoms with Gasteiger partial charge in [-0.25, -0.2) is 8.42 Å². The van der Waals surface area contributed by atoms with E-state index in [0.29, 0.717) is 37.4 Å². The summed E-state index contributed by atoms with van der Waals surface area (Å²) in [5.41, 5.74) is 4.04. The Kier molecular flexibility index (Phi) is 7.80. The van der Waals surface area contributed by atoms with Gasteiger partial charge in [-0.2, -0.15) is 9.40 Å². The highest BCUT2D eigenvalue weighted by atomic mass is 32.2. The first-order chi connectivity index (χ1) is 16.4. The van der Waals surface area contributed by atoms with Crippen molar-refractivity contribution < 1.29 is 13.2 Å². The molecule has 1 fully saturated rings. The van der Waals surface area contributed by atoms with Crippen LogP contribution in [0.1, 0.15) is 36.9 Å². The van der Waals surface area contributed by atoms with Crippen LogP contribution < -0.4 is 0 Å². The van der Waals surface area contributed by atoms with Crippen LogP contribution in [0.5, 0.6) is 0 Å². The molecule has 180 valence electrons. The van der Waals surface area contributed by atoms with E-state index in [-0.39, 0.29) is 5.91 Å². The molecule has 7 nitrogen and oxygen atoms in total. The second-order valence-electron chi connectivity index (χ2n) is 8.82. The number of H-pyrrole nitrogens is 1. The van der Waals surface area contributed by atoms with Crippen LogP contribution in [-0.2, 0) is 27.7 Å². The molecule has 4 rings (SSSR count). The van der Waals surface area contributed by atoms with Gasteiger partial charge >= 0.3 is 0 Å². The normalized spacial score (nSPS) is 14.4. The Morgan fingerprint density at radius 3 is 2.44 bits per heavy atom. The smallest absolute Gasteiger partial charge is 0.243 e. The van der Waals surface area contributed by atoms with Gasteiger partial charge in [0.1, 0.15) is 0 Å². The van der Waals surface area contributed by atoms with E-state index < -0.39 is 10.0 Å². The summed E-state index contributed by atoms with van der Waals surface area (Å²) < 4.78 is 26.8. The third-order valence-corrected chi connectivity index (χ3v) is 8.23. The number of nitrogens with zero attached hydrogens (tertiary/aromatic N) is 3. The van der Waals surface area contributed by atoms with Crippen LogP contribution in [0.25, 0.3) is 11.3 Å². The number of amides is 1. The minimum absolute atomic E-state index is 0.0864. The average Bonchev–Trinajstić information content (AvgIpc) is 3.56. The minimum atomic E-state index is -3.40. The van der Waals surface area contributed by atoms with Crippen molar-refractivity contribution in [3.8, 4) is 11.3 Å². The minimum Gasteiger partial charge on any atom is -0.346 e. The number of rotatable bonds is 10. The molecule has 0 bridgehead atoms. The molecule has 0 aliphatic carbocycles. The Balaban J connectivity index is 1.21. The number of hydrogen-bond acceptors (Lipinski definition) is 4. The van der Waals surface area contributed by atoms with Gasteiger partial charge in [0.05, 0.1) is 10.6 Å². The van der Waals surface area contributed by atoms with Crippen LogP contribution in [-0.4, -0.2) is 60.4 Å². The summed E-state index contributed by atoms with van der Waals surface area (Å²) in [5, 5.41) is 7.47. The van der Waals surface area contributed by atoms with Crippen LogP contribution in [0, 0.1) is 0 Å². The second-order valence-corrected chi connectivity index (χ2v) is 10.8.